The summed E-state index contributed by atoms with van der Waals surface area (Å²) in [5.41, 5.74) is -0.657. The van der Waals surface area contributed by atoms with Gasteiger partial charge in [-0.1, -0.05) is 20.3 Å². The Labute approximate surface area is 122 Å². The third-order valence-corrected chi connectivity index (χ3v) is 5.23. The molecular formula is C16H30N2O2. The number of carboxylic acid groups (broad SMARTS) is 1. The fraction of sp³-hybridized carbons (Fsp3) is 0.938. The van der Waals surface area contributed by atoms with Crippen molar-refractivity contribution in [2.75, 3.05) is 26.2 Å². The molecular weight excluding hydrogens is 252 g/mol. The summed E-state index contributed by atoms with van der Waals surface area (Å²) >= 11 is 0. The Balaban J connectivity index is 1.91. The molecule has 1 aliphatic carbocycles. The summed E-state index contributed by atoms with van der Waals surface area (Å²) in [7, 11) is 0. The predicted octanol–water partition coefficient (Wildman–Crippen LogP) is 2.34. The molecule has 2 N–H and O–H groups in total. The van der Waals surface area contributed by atoms with Crippen LogP contribution in [-0.4, -0.2) is 47.7 Å². The molecule has 0 spiro atoms. The number of piperidine rings is 1. The van der Waals surface area contributed by atoms with E-state index < -0.39 is 11.5 Å². The molecule has 1 saturated carbocycles. The first-order valence-corrected chi connectivity index (χ1v) is 8.29. The third-order valence-electron chi connectivity index (χ3n) is 5.23. The lowest BCUT2D eigenvalue weighted by atomic mass is 9.84. The number of carboxylic acids is 1. The van der Waals surface area contributed by atoms with E-state index in [1.54, 1.807) is 0 Å². The minimum absolute atomic E-state index is 0.289. The Morgan fingerprint density at radius 3 is 2.85 bits per heavy atom. The lowest BCUT2D eigenvalue weighted by Gasteiger charge is -2.35. The van der Waals surface area contributed by atoms with E-state index in [0.29, 0.717) is 0 Å². The number of aliphatic carboxylic acids is 1. The molecule has 4 nitrogen and oxygen atoms in total. The molecule has 1 aliphatic heterocycles. The van der Waals surface area contributed by atoms with Crippen molar-refractivity contribution in [3.05, 3.63) is 0 Å². The number of hydrogen-bond acceptors (Lipinski definition) is 3. The quantitative estimate of drug-likeness (QED) is 0.785. The van der Waals surface area contributed by atoms with Crippen molar-refractivity contribution in [2.45, 2.75) is 57.9 Å². The molecule has 3 unspecified atom stereocenters. The molecule has 0 aromatic rings. The topological polar surface area (TPSA) is 52.6 Å². The van der Waals surface area contributed by atoms with E-state index in [1.165, 1.54) is 25.9 Å². The zero-order chi connectivity index (χ0) is 14.6. The molecule has 1 saturated heterocycles. The maximum absolute atomic E-state index is 11.8. The van der Waals surface area contributed by atoms with Crippen LogP contribution in [0, 0.1) is 11.8 Å². The second-order valence-corrected chi connectivity index (χ2v) is 6.73. The Morgan fingerprint density at radius 2 is 2.20 bits per heavy atom. The second-order valence-electron chi connectivity index (χ2n) is 6.73. The van der Waals surface area contributed by atoms with Gasteiger partial charge in [-0.2, -0.15) is 0 Å². The molecule has 0 aromatic carbocycles. The maximum Gasteiger partial charge on any atom is 0.324 e. The summed E-state index contributed by atoms with van der Waals surface area (Å²) < 4.78 is 0. The fourth-order valence-electron chi connectivity index (χ4n) is 4.20. The smallest absolute Gasteiger partial charge is 0.324 e. The van der Waals surface area contributed by atoms with Crippen LogP contribution in [0.1, 0.15) is 52.4 Å². The van der Waals surface area contributed by atoms with E-state index >= 15 is 0 Å². The summed E-state index contributed by atoms with van der Waals surface area (Å²) in [6.45, 7) is 8.51. The molecule has 116 valence electrons. The highest BCUT2D eigenvalue weighted by molar-refractivity contribution is 5.79. The highest BCUT2D eigenvalue weighted by Gasteiger charge is 2.48. The lowest BCUT2D eigenvalue weighted by molar-refractivity contribution is -0.146. The van der Waals surface area contributed by atoms with Crippen molar-refractivity contribution in [2.24, 2.45) is 11.8 Å². The molecule has 2 rings (SSSR count). The summed E-state index contributed by atoms with van der Waals surface area (Å²) in [4.78, 5) is 14.3. The zero-order valence-electron chi connectivity index (χ0n) is 13.0. The van der Waals surface area contributed by atoms with Gasteiger partial charge in [0.15, 0.2) is 0 Å². The van der Waals surface area contributed by atoms with Crippen LogP contribution in [0.5, 0.6) is 0 Å². The van der Waals surface area contributed by atoms with Crippen LogP contribution in [0.2, 0.25) is 0 Å². The highest BCUT2D eigenvalue weighted by atomic mass is 16.4. The lowest BCUT2D eigenvalue weighted by Crippen LogP contribution is -2.55. The number of nitrogens with one attached hydrogen (secondary N) is 1. The summed E-state index contributed by atoms with van der Waals surface area (Å²) in [6, 6.07) is 0. The predicted molar refractivity (Wildman–Crippen MR) is 80.8 cm³/mol. The molecule has 20 heavy (non-hydrogen) atoms. The van der Waals surface area contributed by atoms with Crippen LogP contribution < -0.4 is 5.32 Å². The highest BCUT2D eigenvalue weighted by Crippen LogP contribution is 2.38. The third kappa shape index (κ3) is 3.34. The van der Waals surface area contributed by atoms with Crippen LogP contribution in [-0.2, 0) is 4.79 Å². The van der Waals surface area contributed by atoms with Gasteiger partial charge < -0.3 is 15.3 Å². The van der Waals surface area contributed by atoms with Crippen LogP contribution >= 0.6 is 0 Å². The number of hydrogen-bond donors (Lipinski definition) is 2. The Hall–Kier alpha value is -0.610. The van der Waals surface area contributed by atoms with Crippen LogP contribution in [0.15, 0.2) is 0 Å². The maximum atomic E-state index is 11.8. The number of likely N-dealkylation sites (N-methyl/N-ethyl adjacent to an activating group) is 1. The van der Waals surface area contributed by atoms with Gasteiger partial charge in [-0.25, -0.2) is 0 Å². The Morgan fingerprint density at radius 1 is 1.40 bits per heavy atom. The number of carbonyl (C=O) groups is 1. The number of rotatable bonds is 6. The van der Waals surface area contributed by atoms with Crippen molar-refractivity contribution in [1.29, 1.82) is 0 Å². The van der Waals surface area contributed by atoms with Crippen molar-refractivity contribution in [3.63, 3.8) is 0 Å². The molecule has 2 aliphatic rings. The van der Waals surface area contributed by atoms with Gasteiger partial charge in [0.25, 0.3) is 0 Å². The molecule has 4 heteroatoms. The van der Waals surface area contributed by atoms with E-state index in [2.05, 4.69) is 17.1 Å². The Kier molecular flexibility index (Phi) is 5.44. The summed E-state index contributed by atoms with van der Waals surface area (Å²) in [6.07, 6.45) is 6.55. The molecule has 1 heterocycles. The van der Waals surface area contributed by atoms with E-state index in [4.69, 9.17) is 0 Å². The fourth-order valence-corrected chi connectivity index (χ4v) is 4.20. The zero-order valence-corrected chi connectivity index (χ0v) is 13.0. The van der Waals surface area contributed by atoms with E-state index in [0.717, 1.165) is 44.7 Å². The average molecular weight is 282 g/mol. The van der Waals surface area contributed by atoms with E-state index in [1.807, 2.05) is 6.92 Å². The van der Waals surface area contributed by atoms with Crippen molar-refractivity contribution >= 4 is 5.97 Å². The van der Waals surface area contributed by atoms with E-state index in [-0.39, 0.29) is 5.92 Å². The number of likely N-dealkylation sites (tertiary alicyclic amines) is 1. The van der Waals surface area contributed by atoms with Gasteiger partial charge in [0.2, 0.25) is 0 Å². The molecule has 3 atom stereocenters. The molecule has 0 bridgehead atoms. The minimum atomic E-state index is -0.657. The monoisotopic (exact) mass is 282 g/mol. The number of nitrogens with zero attached hydrogens (tertiary/aromatic N) is 1. The van der Waals surface area contributed by atoms with Gasteiger partial charge in [0.05, 0.1) is 0 Å². The minimum Gasteiger partial charge on any atom is -0.480 e. The standard InChI is InChI=1S/C16H30N2O2/c1-3-17-16(15(19)20)9-4-7-14(16)8-11-18-10-5-6-13(2)12-18/h13-14,17H,3-12H2,1-2H3,(H,19,20). The summed E-state index contributed by atoms with van der Waals surface area (Å²) in [5, 5.41) is 13.0. The van der Waals surface area contributed by atoms with Gasteiger partial charge >= 0.3 is 5.97 Å². The summed E-state index contributed by atoms with van der Waals surface area (Å²) in [5.74, 6) is 0.441. The van der Waals surface area contributed by atoms with Crippen LogP contribution in [0.4, 0.5) is 0 Å². The molecule has 0 aromatic heterocycles. The van der Waals surface area contributed by atoms with Gasteiger partial charge in [0, 0.05) is 6.54 Å². The van der Waals surface area contributed by atoms with Crippen molar-refractivity contribution in [1.82, 2.24) is 10.2 Å². The van der Waals surface area contributed by atoms with Crippen molar-refractivity contribution < 1.29 is 9.90 Å². The normalized spacial score (nSPS) is 35.3. The molecule has 0 radical (unpaired) electrons. The SMILES string of the molecule is CCNC1(C(=O)O)CCCC1CCN1CCCC(C)C1. The largest absolute Gasteiger partial charge is 0.480 e. The average Bonchev–Trinajstić information content (AvgIpc) is 2.81. The van der Waals surface area contributed by atoms with Gasteiger partial charge in [0.1, 0.15) is 5.54 Å². The van der Waals surface area contributed by atoms with Crippen LogP contribution in [0.3, 0.4) is 0 Å². The molecule has 2 fully saturated rings. The van der Waals surface area contributed by atoms with E-state index in [9.17, 15) is 9.90 Å². The first kappa shape index (κ1) is 15.8. The van der Waals surface area contributed by atoms with Crippen LogP contribution in [0.25, 0.3) is 0 Å². The first-order valence-electron chi connectivity index (χ1n) is 8.29. The van der Waals surface area contributed by atoms with Crippen molar-refractivity contribution in [3.8, 4) is 0 Å². The Bertz CT molecular complexity index is 334. The van der Waals surface area contributed by atoms with Gasteiger partial charge in [-0.15, -0.1) is 0 Å². The van der Waals surface area contributed by atoms with Gasteiger partial charge in [-0.05, 0) is 63.6 Å². The molecule has 0 amide bonds. The second kappa shape index (κ2) is 6.90. The van der Waals surface area contributed by atoms with Gasteiger partial charge in [-0.3, -0.25) is 4.79 Å². The first-order chi connectivity index (χ1) is 9.58.